The van der Waals surface area contributed by atoms with Gasteiger partial charge in [0.05, 0.1) is 0 Å². The van der Waals surface area contributed by atoms with E-state index < -0.39 is 12.0 Å². The lowest BCUT2D eigenvalue weighted by Gasteiger charge is -2.07. The predicted molar refractivity (Wildman–Crippen MR) is 35.1 cm³/mol. The predicted octanol–water partition coefficient (Wildman–Crippen LogP) is 0.444. The van der Waals surface area contributed by atoms with Crippen LogP contribution in [-0.4, -0.2) is 17.1 Å². The van der Waals surface area contributed by atoms with Gasteiger partial charge >= 0.3 is 5.97 Å². The summed E-state index contributed by atoms with van der Waals surface area (Å²) in [7, 11) is 0. The van der Waals surface area contributed by atoms with Crippen LogP contribution in [0, 0.1) is 5.92 Å². The van der Waals surface area contributed by atoms with Gasteiger partial charge in [-0.05, 0) is 12.3 Å². The maximum Gasteiger partial charge on any atom is 0.320 e. The summed E-state index contributed by atoms with van der Waals surface area (Å²) in [5, 5.41) is 8.31. The molecule has 0 aliphatic rings. The van der Waals surface area contributed by atoms with Gasteiger partial charge in [0.25, 0.3) is 0 Å². The van der Waals surface area contributed by atoms with Gasteiger partial charge in [-0.25, -0.2) is 0 Å². The van der Waals surface area contributed by atoms with Crippen LogP contribution in [0.1, 0.15) is 20.3 Å². The lowest BCUT2D eigenvalue weighted by Crippen LogP contribution is -2.31. The van der Waals surface area contributed by atoms with Crippen molar-refractivity contribution in [2.24, 2.45) is 11.7 Å². The number of carboxylic acid groups (broad SMARTS) is 1. The fourth-order valence-electron chi connectivity index (χ4n) is 0.609. The third-order valence-electron chi connectivity index (χ3n) is 1.04. The Hall–Kier alpha value is -0.570. The monoisotopic (exact) mass is 130 g/mol. The molecule has 0 saturated heterocycles. The second kappa shape index (κ2) is 3.45. The molecule has 0 heterocycles. The zero-order chi connectivity index (χ0) is 7.44. The van der Waals surface area contributed by atoms with E-state index in [0.717, 1.165) is 0 Å². The Morgan fingerprint density at radius 2 is 2.11 bits per heavy atom. The van der Waals surface area contributed by atoms with Gasteiger partial charge in [-0.3, -0.25) is 4.79 Å². The average molecular weight is 130 g/mol. The molecule has 3 heteroatoms. The normalized spacial score (nSPS) is 16.8. The third kappa shape index (κ3) is 3.97. The Balaban J connectivity index is 3.50. The van der Waals surface area contributed by atoms with Crippen LogP contribution < -0.4 is 5.73 Å². The number of carboxylic acids is 1. The summed E-state index contributed by atoms with van der Waals surface area (Å²) in [5.41, 5.74) is 5.22. The molecule has 9 heavy (non-hydrogen) atoms. The summed E-state index contributed by atoms with van der Waals surface area (Å²) in [6, 6.07) is -0.690. The van der Waals surface area contributed by atoms with E-state index in [-0.39, 0.29) is 0 Å². The van der Waals surface area contributed by atoms with E-state index in [1.165, 1.54) is 0 Å². The van der Waals surface area contributed by atoms with E-state index >= 15 is 0 Å². The van der Waals surface area contributed by atoms with Crippen molar-refractivity contribution in [3.63, 3.8) is 0 Å². The first-order valence-corrected chi connectivity index (χ1v) is 3.02. The smallest absolute Gasteiger partial charge is 0.320 e. The SMILES string of the molecule is CC([11CH3])C[C@H](N)C(=O)O. The van der Waals surface area contributed by atoms with E-state index in [2.05, 4.69) is 0 Å². The maximum atomic E-state index is 10.1. The lowest BCUT2D eigenvalue weighted by molar-refractivity contribution is -0.138. The molecule has 3 N–H and O–H groups in total. The average Bonchev–Trinajstić information content (AvgIpc) is 1.63. The Bertz CT molecular complexity index is 101. The van der Waals surface area contributed by atoms with Crippen molar-refractivity contribution < 1.29 is 9.90 Å². The molecule has 0 saturated carbocycles. The summed E-state index contributed by atoms with van der Waals surface area (Å²) in [4.78, 5) is 10.1. The van der Waals surface area contributed by atoms with Crippen molar-refractivity contribution >= 4 is 5.97 Å². The van der Waals surface area contributed by atoms with Crippen LogP contribution in [0.25, 0.3) is 0 Å². The second-order valence-electron chi connectivity index (χ2n) is 2.57. The van der Waals surface area contributed by atoms with E-state index in [1.807, 2.05) is 13.8 Å². The molecule has 1 unspecified atom stereocenters. The summed E-state index contributed by atoms with van der Waals surface area (Å²) in [6.07, 6.45) is 0.551. The number of nitrogens with two attached hydrogens (primary N) is 1. The van der Waals surface area contributed by atoms with Crippen molar-refractivity contribution in [3.05, 3.63) is 0 Å². The molecule has 0 bridgehead atoms. The highest BCUT2D eigenvalue weighted by Gasteiger charge is 2.11. The van der Waals surface area contributed by atoms with Crippen LogP contribution in [0.3, 0.4) is 0 Å². The number of hydrogen-bond donors (Lipinski definition) is 2. The Labute approximate surface area is 54.9 Å². The van der Waals surface area contributed by atoms with Crippen LogP contribution in [-0.2, 0) is 4.79 Å². The van der Waals surface area contributed by atoms with E-state index in [9.17, 15) is 4.79 Å². The van der Waals surface area contributed by atoms with Gasteiger partial charge in [0.1, 0.15) is 6.04 Å². The van der Waals surface area contributed by atoms with Crippen LogP contribution in [0.5, 0.6) is 0 Å². The van der Waals surface area contributed by atoms with Gasteiger partial charge in [0, 0.05) is 0 Å². The number of hydrogen-bond acceptors (Lipinski definition) is 2. The molecule has 0 aliphatic carbocycles. The number of aliphatic carboxylic acids is 1. The second-order valence-corrected chi connectivity index (χ2v) is 2.57. The van der Waals surface area contributed by atoms with E-state index in [1.54, 1.807) is 0 Å². The third-order valence-corrected chi connectivity index (χ3v) is 1.04. The lowest BCUT2D eigenvalue weighted by atomic mass is 9.90. The van der Waals surface area contributed by atoms with Gasteiger partial charge in [-0.15, -0.1) is 0 Å². The van der Waals surface area contributed by atoms with E-state index in [4.69, 9.17) is 10.8 Å². The van der Waals surface area contributed by atoms with Crippen molar-refractivity contribution in [3.8, 4) is 0 Å². The first-order chi connectivity index (χ1) is 4.04. The quantitative estimate of drug-likeness (QED) is 0.582. The molecule has 0 amide bonds. The molecular formula is C6H13NO2. The fourth-order valence-corrected chi connectivity index (χ4v) is 0.609. The molecule has 2 atom stereocenters. The standard InChI is InChI=1S/C6H13NO2/c1-4(2)3-5(7)6(8)9/h4-5H,3,7H2,1-2H3,(H,8,9)/t5-/m0/s1/i1-1/t4?,5-. The van der Waals surface area contributed by atoms with Gasteiger partial charge in [0.15, 0.2) is 0 Å². The summed E-state index contributed by atoms with van der Waals surface area (Å²) in [5.74, 6) is -0.556. The summed E-state index contributed by atoms with van der Waals surface area (Å²) < 4.78 is 0. The van der Waals surface area contributed by atoms with Gasteiger partial charge < -0.3 is 10.8 Å². The molecule has 0 spiro atoms. The van der Waals surface area contributed by atoms with Crippen LogP contribution >= 0.6 is 0 Å². The Kier molecular flexibility index (Phi) is 3.24. The van der Waals surface area contributed by atoms with Crippen molar-refractivity contribution in [1.29, 1.82) is 0 Å². The van der Waals surface area contributed by atoms with E-state index in [0.29, 0.717) is 12.3 Å². The summed E-state index contributed by atoms with van der Waals surface area (Å²) in [6.45, 7) is 3.89. The molecule has 0 radical (unpaired) electrons. The first kappa shape index (κ1) is 8.43. The topological polar surface area (TPSA) is 63.3 Å². The molecule has 0 aromatic carbocycles. The minimum Gasteiger partial charge on any atom is -0.480 e. The molecule has 0 aromatic heterocycles. The highest BCUT2D eigenvalue weighted by Crippen LogP contribution is 2.01. The van der Waals surface area contributed by atoms with Gasteiger partial charge in [-0.2, -0.15) is 0 Å². The van der Waals surface area contributed by atoms with Crippen molar-refractivity contribution in [1.82, 2.24) is 0 Å². The molecule has 0 aromatic rings. The van der Waals surface area contributed by atoms with Crippen LogP contribution in [0.2, 0.25) is 0 Å². The van der Waals surface area contributed by atoms with Gasteiger partial charge in [0.2, 0.25) is 0 Å². The summed E-state index contributed by atoms with van der Waals surface area (Å²) >= 11 is 0. The van der Waals surface area contributed by atoms with Crippen molar-refractivity contribution in [2.75, 3.05) is 0 Å². The minimum atomic E-state index is -0.913. The number of rotatable bonds is 3. The molecule has 0 fully saturated rings. The van der Waals surface area contributed by atoms with Crippen LogP contribution in [0.15, 0.2) is 0 Å². The molecule has 3 nitrogen and oxygen atoms in total. The highest BCUT2D eigenvalue weighted by molar-refractivity contribution is 5.72. The van der Waals surface area contributed by atoms with Crippen molar-refractivity contribution in [2.45, 2.75) is 26.3 Å². The minimum absolute atomic E-state index is 0.357. The molecule has 0 aliphatic heterocycles. The maximum absolute atomic E-state index is 10.1. The number of carbonyl (C=O) groups is 1. The Morgan fingerprint density at radius 3 is 2.22 bits per heavy atom. The Morgan fingerprint density at radius 1 is 1.67 bits per heavy atom. The largest absolute Gasteiger partial charge is 0.480 e. The van der Waals surface area contributed by atoms with Crippen LogP contribution in [0.4, 0.5) is 0 Å². The molecular weight excluding hydrogens is 117 g/mol. The highest BCUT2D eigenvalue weighted by atomic mass is 16.4. The zero-order valence-electron chi connectivity index (χ0n) is 5.79. The zero-order valence-corrected chi connectivity index (χ0v) is 5.79. The first-order valence-electron chi connectivity index (χ1n) is 3.02. The fraction of sp³-hybridized carbons (Fsp3) is 0.833. The molecule has 54 valence electrons. The molecule has 0 rings (SSSR count). The van der Waals surface area contributed by atoms with Gasteiger partial charge in [-0.1, -0.05) is 13.8 Å².